The third-order valence-electron chi connectivity index (χ3n) is 6.32. The van der Waals surface area contributed by atoms with Gasteiger partial charge in [-0.05, 0) is 49.1 Å². The third-order valence-corrected chi connectivity index (χ3v) is 8.32. The van der Waals surface area contributed by atoms with Crippen molar-refractivity contribution in [2.45, 2.75) is 46.8 Å². The fraction of sp³-hybridized carbons (Fsp3) is 0.385. The zero-order chi connectivity index (χ0) is 27.8. The fourth-order valence-electron chi connectivity index (χ4n) is 3.63. The number of aromatic nitrogens is 3. The van der Waals surface area contributed by atoms with Gasteiger partial charge < -0.3 is 15.4 Å². The lowest BCUT2D eigenvalue weighted by molar-refractivity contribution is 0.0911. The molecule has 1 saturated heterocycles. The number of rotatable bonds is 7. The Kier molecular flexibility index (Phi) is 8.15. The highest BCUT2D eigenvalue weighted by Gasteiger charge is 2.30. The molecular formula is C26H29Cl2N5O4S. The number of anilines is 1. The maximum Gasteiger partial charge on any atom is 0.274 e. The van der Waals surface area contributed by atoms with E-state index in [1.54, 1.807) is 25.1 Å². The van der Waals surface area contributed by atoms with E-state index in [9.17, 15) is 13.8 Å². The molecule has 0 saturated carbocycles. The van der Waals surface area contributed by atoms with Gasteiger partial charge in [-0.2, -0.15) is 0 Å². The first-order valence-electron chi connectivity index (χ1n) is 12.0. The lowest BCUT2D eigenvalue weighted by atomic mass is 9.88. The molecule has 1 aliphatic heterocycles. The second-order valence-corrected chi connectivity index (χ2v) is 12.7. The second kappa shape index (κ2) is 11.0. The van der Waals surface area contributed by atoms with Gasteiger partial charge in [0.15, 0.2) is 5.82 Å². The van der Waals surface area contributed by atoms with Crippen molar-refractivity contribution in [3.63, 3.8) is 0 Å². The molecule has 2 N–H and O–H groups in total. The minimum Gasteiger partial charge on any atom is -0.471 e. The highest BCUT2D eigenvalue weighted by molar-refractivity contribution is 7.86. The van der Waals surface area contributed by atoms with Crippen LogP contribution in [0.3, 0.4) is 0 Å². The molecular weight excluding hydrogens is 549 g/mol. The molecule has 38 heavy (non-hydrogen) atoms. The Morgan fingerprint density at radius 1 is 1.18 bits per heavy atom. The van der Waals surface area contributed by atoms with Crippen molar-refractivity contribution in [1.82, 2.24) is 20.1 Å². The van der Waals surface area contributed by atoms with Crippen molar-refractivity contribution in [2.24, 2.45) is 5.41 Å². The molecule has 4 rings (SSSR count). The highest BCUT2D eigenvalue weighted by Crippen LogP contribution is 2.29. The average molecular weight is 579 g/mol. The Labute approximate surface area is 233 Å². The minimum absolute atomic E-state index is 0.0878. The predicted octanol–water partition coefficient (Wildman–Crippen LogP) is 4.81. The van der Waals surface area contributed by atoms with E-state index in [0.29, 0.717) is 27.8 Å². The van der Waals surface area contributed by atoms with E-state index in [-0.39, 0.29) is 51.4 Å². The van der Waals surface area contributed by atoms with Crippen molar-refractivity contribution >= 4 is 51.5 Å². The average Bonchev–Trinajstić information content (AvgIpc) is 3.23. The van der Waals surface area contributed by atoms with E-state index in [1.165, 1.54) is 23.0 Å². The SMILES string of the molecule is Cc1cc(Cl)cc(C(=O)NC(C)C(C)(C)C)c1NC(=O)c1cc(OC2CS(=O)C2)nn1-c1ncccc1Cl. The van der Waals surface area contributed by atoms with Crippen LogP contribution in [-0.4, -0.2) is 54.4 Å². The van der Waals surface area contributed by atoms with Crippen LogP contribution in [0.2, 0.25) is 10.0 Å². The van der Waals surface area contributed by atoms with Crippen molar-refractivity contribution in [1.29, 1.82) is 0 Å². The number of aryl methyl sites for hydroxylation is 1. The Hall–Kier alpha value is -2.95. The van der Waals surface area contributed by atoms with Crippen molar-refractivity contribution < 1.29 is 18.5 Å². The van der Waals surface area contributed by atoms with Gasteiger partial charge >= 0.3 is 0 Å². The minimum atomic E-state index is -0.912. The molecule has 9 nitrogen and oxygen atoms in total. The normalized spacial score (nSPS) is 17.9. The zero-order valence-corrected chi connectivity index (χ0v) is 24.0. The van der Waals surface area contributed by atoms with E-state index in [4.69, 9.17) is 27.9 Å². The van der Waals surface area contributed by atoms with Gasteiger partial charge in [0.2, 0.25) is 5.88 Å². The van der Waals surface area contributed by atoms with Crippen LogP contribution in [0.1, 0.15) is 54.1 Å². The van der Waals surface area contributed by atoms with Gasteiger partial charge in [-0.15, -0.1) is 5.10 Å². The first-order valence-corrected chi connectivity index (χ1v) is 14.2. The van der Waals surface area contributed by atoms with Crippen LogP contribution in [0.5, 0.6) is 5.88 Å². The summed E-state index contributed by atoms with van der Waals surface area (Å²) in [5.74, 6) is 0.271. The summed E-state index contributed by atoms with van der Waals surface area (Å²) >= 11 is 12.6. The third kappa shape index (κ3) is 6.19. The topological polar surface area (TPSA) is 115 Å². The number of hydrogen-bond donors (Lipinski definition) is 2. The van der Waals surface area contributed by atoms with E-state index < -0.39 is 16.7 Å². The lowest BCUT2D eigenvalue weighted by Gasteiger charge is -2.28. The molecule has 1 atom stereocenters. The molecule has 1 aromatic carbocycles. The Morgan fingerprint density at radius 2 is 1.89 bits per heavy atom. The first-order chi connectivity index (χ1) is 17.8. The van der Waals surface area contributed by atoms with Gasteiger partial charge in [0, 0.05) is 34.1 Å². The number of amides is 2. The van der Waals surface area contributed by atoms with E-state index in [2.05, 4.69) is 20.7 Å². The van der Waals surface area contributed by atoms with E-state index in [0.717, 1.165) is 0 Å². The van der Waals surface area contributed by atoms with Crippen molar-refractivity contribution in [3.8, 4) is 11.7 Å². The molecule has 2 aromatic heterocycles. The lowest BCUT2D eigenvalue weighted by Crippen LogP contribution is -2.41. The summed E-state index contributed by atoms with van der Waals surface area (Å²) in [5.41, 5.74) is 1.06. The largest absolute Gasteiger partial charge is 0.471 e. The quantitative estimate of drug-likeness (QED) is 0.416. The number of benzene rings is 1. The van der Waals surface area contributed by atoms with Gasteiger partial charge in [0.25, 0.3) is 11.8 Å². The number of halogens is 2. The van der Waals surface area contributed by atoms with Crippen LogP contribution in [0.25, 0.3) is 5.82 Å². The summed E-state index contributed by atoms with van der Waals surface area (Å²) in [5, 5.41) is 10.9. The van der Waals surface area contributed by atoms with Gasteiger partial charge in [0.05, 0.1) is 27.8 Å². The molecule has 1 aliphatic rings. The van der Waals surface area contributed by atoms with Gasteiger partial charge in [-0.25, -0.2) is 9.67 Å². The van der Waals surface area contributed by atoms with E-state index in [1.807, 2.05) is 27.7 Å². The number of carbonyl (C=O) groups excluding carboxylic acids is 2. The molecule has 3 heterocycles. The van der Waals surface area contributed by atoms with Crippen LogP contribution in [0, 0.1) is 12.3 Å². The predicted molar refractivity (Wildman–Crippen MR) is 149 cm³/mol. The molecule has 12 heteroatoms. The molecule has 0 bridgehead atoms. The number of carbonyl (C=O) groups is 2. The van der Waals surface area contributed by atoms with Crippen LogP contribution in [0.15, 0.2) is 36.5 Å². The number of hydrogen-bond acceptors (Lipinski definition) is 6. The maximum atomic E-state index is 13.6. The van der Waals surface area contributed by atoms with Gasteiger partial charge in [0.1, 0.15) is 11.8 Å². The summed E-state index contributed by atoms with van der Waals surface area (Å²) in [6, 6.07) is 7.80. The summed E-state index contributed by atoms with van der Waals surface area (Å²) < 4.78 is 18.6. The fourth-order valence-corrected chi connectivity index (χ4v) is 4.98. The summed E-state index contributed by atoms with van der Waals surface area (Å²) in [7, 11) is -0.912. The monoisotopic (exact) mass is 577 g/mol. The summed E-state index contributed by atoms with van der Waals surface area (Å²) in [6.07, 6.45) is 1.27. The summed E-state index contributed by atoms with van der Waals surface area (Å²) in [4.78, 5) is 31.2. The molecule has 1 unspecified atom stereocenters. The Morgan fingerprint density at radius 3 is 2.53 bits per heavy atom. The smallest absolute Gasteiger partial charge is 0.274 e. The Bertz CT molecular complexity index is 1410. The number of ether oxygens (including phenoxy) is 1. The van der Waals surface area contributed by atoms with Gasteiger partial charge in [-0.1, -0.05) is 44.0 Å². The second-order valence-electron chi connectivity index (χ2n) is 10.3. The van der Waals surface area contributed by atoms with Crippen LogP contribution in [0.4, 0.5) is 5.69 Å². The maximum absolute atomic E-state index is 13.6. The molecule has 202 valence electrons. The molecule has 0 spiro atoms. The molecule has 1 fully saturated rings. The summed E-state index contributed by atoms with van der Waals surface area (Å²) in [6.45, 7) is 9.74. The van der Waals surface area contributed by atoms with Crippen LogP contribution < -0.4 is 15.4 Å². The van der Waals surface area contributed by atoms with Crippen LogP contribution in [-0.2, 0) is 10.8 Å². The molecule has 2 amide bonds. The molecule has 0 radical (unpaired) electrons. The first kappa shape index (κ1) is 28.1. The Balaban J connectivity index is 1.69. The standard InChI is InChI=1S/C26H29Cl2N5O4S/c1-14-9-16(27)10-18(24(34)30-15(2)26(3,4)5)22(14)31-25(35)20-11-21(37-17-12-38(36)13-17)32-33(20)23-19(28)7-6-8-29-23/h6-11,15,17H,12-13H2,1-5H3,(H,30,34)(H,31,35). The van der Waals surface area contributed by atoms with Gasteiger partial charge in [-0.3, -0.25) is 13.8 Å². The number of pyridine rings is 1. The molecule has 0 aliphatic carbocycles. The zero-order valence-electron chi connectivity index (χ0n) is 21.7. The van der Waals surface area contributed by atoms with Crippen molar-refractivity contribution in [2.75, 3.05) is 16.8 Å². The van der Waals surface area contributed by atoms with E-state index >= 15 is 0 Å². The highest BCUT2D eigenvalue weighted by atomic mass is 35.5. The van der Waals surface area contributed by atoms with Crippen LogP contribution >= 0.6 is 23.2 Å². The number of nitrogens with zero attached hydrogens (tertiary/aromatic N) is 3. The molecule has 3 aromatic rings. The van der Waals surface area contributed by atoms with Crippen molar-refractivity contribution in [3.05, 3.63) is 63.4 Å². The number of nitrogens with one attached hydrogen (secondary N) is 2.